The molecule has 0 saturated heterocycles. The van der Waals surface area contributed by atoms with Crippen LogP contribution in [-0.2, 0) is 18.4 Å². The van der Waals surface area contributed by atoms with Gasteiger partial charge >= 0.3 is 0 Å². The van der Waals surface area contributed by atoms with Gasteiger partial charge in [0, 0.05) is 6.42 Å². The Labute approximate surface area is 297 Å². The lowest BCUT2D eigenvalue weighted by atomic mass is 10.0. The maximum Gasteiger partial charge on any atom is 0.268 e. The quantitative estimate of drug-likeness (QED) is 0.0291. The first kappa shape index (κ1) is 47.2. The van der Waals surface area contributed by atoms with Gasteiger partial charge in [-0.05, 0) is 38.5 Å². The number of likely N-dealkylation sites (N-methyl/N-ethyl adjacent to an activating group) is 1. The van der Waals surface area contributed by atoms with E-state index in [4.69, 9.17) is 9.05 Å². The molecule has 3 atom stereocenters. The average Bonchev–Trinajstić information content (AvgIpc) is 3.02. The number of amides is 1. The summed E-state index contributed by atoms with van der Waals surface area (Å²) in [4.78, 5) is 25.1. The number of rotatable bonds is 36. The smallest absolute Gasteiger partial charge is 0.268 e. The van der Waals surface area contributed by atoms with Crippen molar-refractivity contribution in [3.63, 3.8) is 0 Å². The van der Waals surface area contributed by atoms with Gasteiger partial charge in [-0.3, -0.25) is 9.36 Å². The van der Waals surface area contributed by atoms with E-state index in [1.54, 1.807) is 0 Å². The molecule has 0 saturated carbocycles. The van der Waals surface area contributed by atoms with Crippen LogP contribution in [0.1, 0.15) is 181 Å². The van der Waals surface area contributed by atoms with E-state index in [2.05, 4.69) is 31.3 Å². The number of nitrogens with one attached hydrogen (secondary N) is 1. The summed E-state index contributed by atoms with van der Waals surface area (Å²) in [6.07, 6.45) is 33.6. The van der Waals surface area contributed by atoms with Gasteiger partial charge in [0.05, 0.1) is 39.9 Å². The zero-order chi connectivity index (χ0) is 35.8. The van der Waals surface area contributed by atoms with Crippen molar-refractivity contribution < 1.29 is 32.9 Å². The van der Waals surface area contributed by atoms with E-state index in [0.717, 1.165) is 44.9 Å². The fraction of sp³-hybridized carbons (Fsp3) is 0.923. The van der Waals surface area contributed by atoms with Crippen LogP contribution in [0.5, 0.6) is 0 Å². The standard InChI is InChI=1S/C39H79N2O6P/c1-6-8-10-12-14-16-18-19-20-21-22-23-24-26-28-30-32-38(42)37(36-47-48(44,45)46-35-34-41(3,4)5)40-39(43)33-31-29-27-25-17-15-13-11-9-7-2/h23-24,37-38,42H,6-22,25-36H2,1-5H3,(H-,40,43,44,45)/b24-23+/t37-,38+/m1/s1. The molecule has 0 radical (unpaired) electrons. The zero-order valence-electron chi connectivity index (χ0n) is 32.2. The van der Waals surface area contributed by atoms with Gasteiger partial charge < -0.3 is 28.8 Å². The summed E-state index contributed by atoms with van der Waals surface area (Å²) in [7, 11) is 1.29. The molecule has 0 aromatic carbocycles. The summed E-state index contributed by atoms with van der Waals surface area (Å²) < 4.78 is 23.1. The van der Waals surface area contributed by atoms with E-state index in [1.807, 2.05) is 21.1 Å². The molecule has 0 aromatic rings. The lowest BCUT2D eigenvalue weighted by molar-refractivity contribution is -0.870. The van der Waals surface area contributed by atoms with Crippen molar-refractivity contribution in [1.82, 2.24) is 5.32 Å². The SMILES string of the molecule is CCCCCCCCCCCC/C=C/CCCC[C@H](O)[C@@H](COP(=O)([O-])OCC[N+](C)(C)C)NC(=O)CCCCCCCCCCCC. The molecular formula is C39H79N2O6P. The number of unbranched alkanes of at least 4 members (excludes halogenated alkanes) is 21. The normalized spacial score (nSPS) is 14.7. The van der Waals surface area contributed by atoms with Crippen molar-refractivity contribution >= 4 is 13.7 Å². The van der Waals surface area contributed by atoms with E-state index < -0.39 is 20.0 Å². The molecule has 48 heavy (non-hydrogen) atoms. The number of aliphatic hydroxyl groups excluding tert-OH is 1. The van der Waals surface area contributed by atoms with Gasteiger partial charge in [0.1, 0.15) is 13.2 Å². The van der Waals surface area contributed by atoms with Gasteiger partial charge in [-0.15, -0.1) is 0 Å². The van der Waals surface area contributed by atoms with Crippen molar-refractivity contribution in [1.29, 1.82) is 0 Å². The molecule has 0 bridgehead atoms. The molecule has 0 aliphatic heterocycles. The molecule has 0 fully saturated rings. The van der Waals surface area contributed by atoms with E-state index in [1.165, 1.54) is 109 Å². The predicted octanol–water partition coefficient (Wildman–Crippen LogP) is 9.78. The zero-order valence-corrected chi connectivity index (χ0v) is 33.1. The molecule has 0 heterocycles. The summed E-state index contributed by atoms with van der Waals surface area (Å²) in [6.45, 7) is 4.67. The Morgan fingerprint density at radius 2 is 1.15 bits per heavy atom. The third kappa shape index (κ3) is 33.7. The predicted molar refractivity (Wildman–Crippen MR) is 201 cm³/mol. The highest BCUT2D eigenvalue weighted by molar-refractivity contribution is 7.45. The Bertz CT molecular complexity index is 804. The molecule has 1 amide bonds. The topological polar surface area (TPSA) is 108 Å². The lowest BCUT2D eigenvalue weighted by Crippen LogP contribution is -2.46. The summed E-state index contributed by atoms with van der Waals surface area (Å²) >= 11 is 0. The van der Waals surface area contributed by atoms with Gasteiger partial charge in [-0.1, -0.05) is 148 Å². The number of carbonyl (C=O) groups is 1. The summed E-state index contributed by atoms with van der Waals surface area (Å²) in [5, 5.41) is 13.8. The summed E-state index contributed by atoms with van der Waals surface area (Å²) in [5.74, 6) is -0.177. The summed E-state index contributed by atoms with van der Waals surface area (Å²) in [5.41, 5.74) is 0. The minimum atomic E-state index is -4.56. The molecule has 0 spiro atoms. The van der Waals surface area contributed by atoms with Crippen LogP contribution in [0.4, 0.5) is 0 Å². The van der Waals surface area contributed by atoms with Crippen molar-refractivity contribution in [2.24, 2.45) is 0 Å². The second-order valence-electron chi connectivity index (χ2n) is 15.0. The highest BCUT2D eigenvalue weighted by atomic mass is 31.2. The summed E-state index contributed by atoms with van der Waals surface area (Å²) in [6, 6.07) is -0.809. The monoisotopic (exact) mass is 703 g/mol. The van der Waals surface area contributed by atoms with Crippen molar-refractivity contribution in [2.45, 2.75) is 193 Å². The number of quaternary nitrogens is 1. The molecule has 8 nitrogen and oxygen atoms in total. The molecule has 2 N–H and O–H groups in total. The number of hydrogen-bond acceptors (Lipinski definition) is 6. The first-order valence-corrected chi connectivity index (χ1v) is 21.5. The number of nitrogens with zero attached hydrogens (tertiary/aromatic N) is 1. The van der Waals surface area contributed by atoms with Crippen molar-refractivity contribution in [3.8, 4) is 0 Å². The van der Waals surface area contributed by atoms with Crippen LogP contribution < -0.4 is 10.2 Å². The van der Waals surface area contributed by atoms with Gasteiger partial charge in [-0.2, -0.15) is 0 Å². The van der Waals surface area contributed by atoms with Crippen LogP contribution in [0.3, 0.4) is 0 Å². The van der Waals surface area contributed by atoms with Crippen molar-refractivity contribution in [3.05, 3.63) is 12.2 Å². The molecule has 0 aromatic heterocycles. The first-order chi connectivity index (χ1) is 23.0. The molecule has 0 rings (SSSR count). The van der Waals surface area contributed by atoms with Crippen LogP contribution in [0.15, 0.2) is 12.2 Å². The maximum atomic E-state index is 12.8. The van der Waals surface area contributed by atoms with Gasteiger partial charge in [-0.25, -0.2) is 0 Å². The highest BCUT2D eigenvalue weighted by Gasteiger charge is 2.24. The molecule has 1 unspecified atom stereocenters. The highest BCUT2D eigenvalue weighted by Crippen LogP contribution is 2.38. The van der Waals surface area contributed by atoms with E-state index >= 15 is 0 Å². The molecule has 0 aliphatic carbocycles. The fourth-order valence-corrected chi connectivity index (χ4v) is 6.46. The number of phosphoric ester groups is 1. The molecular weight excluding hydrogens is 623 g/mol. The second-order valence-corrected chi connectivity index (χ2v) is 16.4. The van der Waals surface area contributed by atoms with Crippen LogP contribution in [0.2, 0.25) is 0 Å². The number of carbonyl (C=O) groups excluding carboxylic acids is 1. The van der Waals surface area contributed by atoms with Crippen molar-refractivity contribution in [2.75, 3.05) is 40.9 Å². The Morgan fingerprint density at radius 1 is 0.708 bits per heavy atom. The minimum Gasteiger partial charge on any atom is -0.756 e. The second kappa shape index (κ2) is 32.2. The largest absolute Gasteiger partial charge is 0.756 e. The number of allylic oxidation sites excluding steroid dienone is 2. The Morgan fingerprint density at radius 3 is 1.62 bits per heavy atom. The third-order valence-corrected chi connectivity index (χ3v) is 9.97. The lowest BCUT2D eigenvalue weighted by Gasteiger charge is -2.30. The van der Waals surface area contributed by atoms with Gasteiger partial charge in [0.15, 0.2) is 0 Å². The molecule has 9 heteroatoms. The van der Waals surface area contributed by atoms with Crippen LogP contribution in [-0.4, -0.2) is 68.5 Å². The first-order valence-electron chi connectivity index (χ1n) is 20.0. The average molecular weight is 703 g/mol. The Kier molecular flexibility index (Phi) is 31.7. The van der Waals surface area contributed by atoms with E-state index in [9.17, 15) is 19.4 Å². The van der Waals surface area contributed by atoms with E-state index in [0.29, 0.717) is 23.9 Å². The Hall–Kier alpha value is -0.760. The van der Waals surface area contributed by atoms with E-state index in [-0.39, 0.29) is 19.1 Å². The van der Waals surface area contributed by atoms with Crippen LogP contribution >= 0.6 is 7.82 Å². The Balaban J connectivity index is 4.45. The third-order valence-electron chi connectivity index (χ3n) is 9.00. The number of aliphatic hydroxyl groups is 1. The van der Waals surface area contributed by atoms with Gasteiger partial charge in [0.2, 0.25) is 5.91 Å². The van der Waals surface area contributed by atoms with Crippen LogP contribution in [0.25, 0.3) is 0 Å². The minimum absolute atomic E-state index is 0.00923. The fourth-order valence-electron chi connectivity index (χ4n) is 5.74. The maximum absolute atomic E-state index is 12.8. The number of hydrogen-bond donors (Lipinski definition) is 2. The van der Waals surface area contributed by atoms with Crippen LogP contribution in [0, 0.1) is 0 Å². The van der Waals surface area contributed by atoms with Gasteiger partial charge in [0.25, 0.3) is 7.82 Å². The number of phosphoric acid groups is 1. The molecule has 0 aliphatic rings. The molecule has 286 valence electrons.